The minimum atomic E-state index is -0.705. The first-order valence-corrected chi connectivity index (χ1v) is 9.28. The predicted molar refractivity (Wildman–Crippen MR) is 106 cm³/mol. The fourth-order valence-corrected chi connectivity index (χ4v) is 2.67. The molecule has 0 bridgehead atoms. The molecular formula is C21H21N3O5. The maximum atomic E-state index is 12.3. The van der Waals surface area contributed by atoms with Gasteiger partial charge in [-0.05, 0) is 24.6 Å². The Kier molecular flexibility index (Phi) is 6.57. The van der Waals surface area contributed by atoms with Gasteiger partial charge in [0.15, 0.2) is 12.4 Å². The molecule has 0 spiro atoms. The molecule has 0 unspecified atom stereocenters. The molecule has 0 aliphatic carbocycles. The van der Waals surface area contributed by atoms with Crippen molar-refractivity contribution in [2.45, 2.75) is 19.8 Å². The first-order valence-electron chi connectivity index (χ1n) is 9.28. The van der Waals surface area contributed by atoms with Gasteiger partial charge in [0.2, 0.25) is 0 Å². The van der Waals surface area contributed by atoms with E-state index >= 15 is 0 Å². The zero-order valence-corrected chi connectivity index (χ0v) is 15.9. The van der Waals surface area contributed by atoms with Gasteiger partial charge in [-0.3, -0.25) is 10.1 Å². The molecule has 1 heterocycles. The van der Waals surface area contributed by atoms with Gasteiger partial charge in [-0.2, -0.15) is 0 Å². The van der Waals surface area contributed by atoms with Gasteiger partial charge in [0.05, 0.1) is 10.9 Å². The van der Waals surface area contributed by atoms with Crippen LogP contribution in [0, 0.1) is 0 Å². The van der Waals surface area contributed by atoms with Crippen molar-refractivity contribution in [1.82, 2.24) is 15.8 Å². The number of aromatic nitrogens is 1. The van der Waals surface area contributed by atoms with Crippen molar-refractivity contribution in [2.24, 2.45) is 0 Å². The largest absolute Gasteiger partial charge is 0.452 e. The summed E-state index contributed by atoms with van der Waals surface area (Å²) in [5.74, 6) is -0.853. The molecule has 2 N–H and O–H groups in total. The summed E-state index contributed by atoms with van der Waals surface area (Å²) >= 11 is 0. The molecule has 8 heteroatoms. The van der Waals surface area contributed by atoms with E-state index in [2.05, 4.69) is 15.8 Å². The van der Waals surface area contributed by atoms with Gasteiger partial charge < -0.3 is 14.6 Å². The van der Waals surface area contributed by atoms with Crippen LogP contribution in [0.1, 0.15) is 30.1 Å². The van der Waals surface area contributed by atoms with E-state index in [-0.39, 0.29) is 5.56 Å². The zero-order valence-electron chi connectivity index (χ0n) is 15.9. The average molecular weight is 395 g/mol. The lowest BCUT2D eigenvalue weighted by atomic mass is 10.1. The molecule has 0 fully saturated rings. The number of nitrogens with zero attached hydrogens (tertiary/aromatic N) is 1. The van der Waals surface area contributed by atoms with E-state index in [1.165, 1.54) is 6.07 Å². The van der Waals surface area contributed by atoms with Crippen LogP contribution in [-0.2, 0) is 9.53 Å². The molecule has 0 saturated heterocycles. The maximum Gasteiger partial charge on any atom is 0.338 e. The SMILES string of the molecule is CCCCNC(=O)NC(=O)COC(=O)c1ccc2noc(-c3ccccc3)c2c1. The number of ether oxygens (including phenoxy) is 1. The predicted octanol–water partition coefficient (Wildman–Crippen LogP) is 3.28. The molecule has 8 nitrogen and oxygen atoms in total. The van der Waals surface area contributed by atoms with Crippen LogP contribution in [-0.4, -0.2) is 36.2 Å². The Hall–Kier alpha value is -3.68. The third kappa shape index (κ3) is 5.19. The van der Waals surface area contributed by atoms with Crippen molar-refractivity contribution in [2.75, 3.05) is 13.2 Å². The molecule has 3 aromatic rings. The van der Waals surface area contributed by atoms with E-state index in [1.54, 1.807) is 12.1 Å². The second kappa shape index (κ2) is 9.50. The summed E-state index contributed by atoms with van der Waals surface area (Å²) < 4.78 is 10.4. The first-order chi connectivity index (χ1) is 14.1. The standard InChI is InChI=1S/C21H21N3O5/c1-2-3-11-22-21(27)23-18(25)13-28-20(26)15-9-10-17-16(12-15)19(29-24-17)14-7-5-4-6-8-14/h4-10,12H,2-3,11,13H2,1H3,(H2,22,23,25,27). The number of carbonyl (C=O) groups excluding carboxylic acids is 3. The zero-order chi connectivity index (χ0) is 20.6. The van der Waals surface area contributed by atoms with Crippen LogP contribution in [0.15, 0.2) is 53.1 Å². The molecule has 0 atom stereocenters. The normalized spacial score (nSPS) is 10.5. The number of fused-ring (bicyclic) bond motifs is 1. The summed E-state index contributed by atoms with van der Waals surface area (Å²) in [6, 6.07) is 13.6. The molecule has 0 radical (unpaired) electrons. The lowest BCUT2D eigenvalue weighted by Gasteiger charge is -2.07. The number of urea groups is 1. The fraction of sp³-hybridized carbons (Fsp3) is 0.238. The van der Waals surface area contributed by atoms with Crippen LogP contribution in [0.3, 0.4) is 0 Å². The van der Waals surface area contributed by atoms with Gasteiger partial charge in [-0.1, -0.05) is 48.8 Å². The van der Waals surface area contributed by atoms with E-state index in [0.29, 0.717) is 23.2 Å². The van der Waals surface area contributed by atoms with Crippen molar-refractivity contribution in [3.63, 3.8) is 0 Å². The summed E-state index contributed by atoms with van der Waals surface area (Å²) in [5.41, 5.74) is 1.67. The number of rotatable bonds is 7. The Morgan fingerprint density at radius 3 is 2.66 bits per heavy atom. The minimum absolute atomic E-state index is 0.248. The molecule has 0 saturated carbocycles. The molecule has 29 heavy (non-hydrogen) atoms. The number of unbranched alkanes of at least 4 members (excludes halogenated alkanes) is 1. The smallest absolute Gasteiger partial charge is 0.338 e. The van der Waals surface area contributed by atoms with Gasteiger partial charge in [0.25, 0.3) is 5.91 Å². The van der Waals surface area contributed by atoms with Gasteiger partial charge in [0, 0.05) is 12.1 Å². The number of carbonyl (C=O) groups is 3. The summed E-state index contributed by atoms with van der Waals surface area (Å²) in [7, 11) is 0. The van der Waals surface area contributed by atoms with E-state index in [1.807, 2.05) is 37.3 Å². The summed E-state index contributed by atoms with van der Waals surface area (Å²) in [6.07, 6.45) is 1.74. The molecule has 3 rings (SSSR count). The number of hydrogen-bond acceptors (Lipinski definition) is 6. The van der Waals surface area contributed by atoms with E-state index in [0.717, 1.165) is 18.4 Å². The van der Waals surface area contributed by atoms with Gasteiger partial charge >= 0.3 is 12.0 Å². The topological polar surface area (TPSA) is 111 Å². The Balaban J connectivity index is 1.62. The number of nitrogens with one attached hydrogen (secondary N) is 2. The monoisotopic (exact) mass is 395 g/mol. The molecule has 0 aliphatic heterocycles. The molecular weight excluding hydrogens is 374 g/mol. The van der Waals surface area contributed by atoms with Crippen molar-refractivity contribution >= 4 is 28.8 Å². The Morgan fingerprint density at radius 2 is 1.90 bits per heavy atom. The lowest BCUT2D eigenvalue weighted by Crippen LogP contribution is -2.41. The highest BCUT2D eigenvalue weighted by Crippen LogP contribution is 2.29. The van der Waals surface area contributed by atoms with Crippen LogP contribution >= 0.6 is 0 Å². The first kappa shape index (κ1) is 20.1. The second-order valence-corrected chi connectivity index (χ2v) is 6.34. The Labute approximate surface area is 167 Å². The van der Waals surface area contributed by atoms with E-state index in [4.69, 9.17) is 9.26 Å². The van der Waals surface area contributed by atoms with Crippen molar-refractivity contribution < 1.29 is 23.6 Å². The van der Waals surface area contributed by atoms with E-state index in [9.17, 15) is 14.4 Å². The highest BCUT2D eigenvalue weighted by atomic mass is 16.5. The van der Waals surface area contributed by atoms with Crippen LogP contribution in [0.5, 0.6) is 0 Å². The van der Waals surface area contributed by atoms with Crippen molar-refractivity contribution in [3.05, 3.63) is 54.1 Å². The number of esters is 1. The Bertz CT molecular complexity index is 1010. The van der Waals surface area contributed by atoms with E-state index < -0.39 is 24.5 Å². The molecule has 3 amide bonds. The van der Waals surface area contributed by atoms with Crippen LogP contribution in [0.2, 0.25) is 0 Å². The van der Waals surface area contributed by atoms with Gasteiger partial charge in [-0.15, -0.1) is 0 Å². The minimum Gasteiger partial charge on any atom is -0.452 e. The van der Waals surface area contributed by atoms with Crippen LogP contribution in [0.25, 0.3) is 22.2 Å². The summed E-state index contributed by atoms with van der Waals surface area (Å²) in [4.78, 5) is 35.6. The third-order valence-corrected chi connectivity index (χ3v) is 4.15. The number of imide groups is 1. The number of hydrogen-bond donors (Lipinski definition) is 2. The highest BCUT2D eigenvalue weighted by molar-refractivity contribution is 6.00. The summed E-state index contributed by atoms with van der Waals surface area (Å²) in [5, 5.41) is 9.31. The number of amides is 3. The van der Waals surface area contributed by atoms with Gasteiger partial charge in [-0.25, -0.2) is 9.59 Å². The average Bonchev–Trinajstić information content (AvgIpc) is 3.16. The molecule has 150 valence electrons. The van der Waals surface area contributed by atoms with Crippen LogP contribution in [0.4, 0.5) is 4.79 Å². The third-order valence-electron chi connectivity index (χ3n) is 4.15. The molecule has 0 aliphatic rings. The quantitative estimate of drug-likeness (QED) is 0.469. The van der Waals surface area contributed by atoms with Crippen LogP contribution < -0.4 is 10.6 Å². The highest BCUT2D eigenvalue weighted by Gasteiger charge is 2.16. The second-order valence-electron chi connectivity index (χ2n) is 6.34. The molecule has 1 aromatic heterocycles. The number of benzene rings is 2. The van der Waals surface area contributed by atoms with Crippen molar-refractivity contribution in [1.29, 1.82) is 0 Å². The molecule has 2 aromatic carbocycles. The maximum absolute atomic E-state index is 12.3. The summed E-state index contributed by atoms with van der Waals surface area (Å²) in [6.45, 7) is 1.90. The fourth-order valence-electron chi connectivity index (χ4n) is 2.67. The lowest BCUT2D eigenvalue weighted by molar-refractivity contribution is -0.123. The van der Waals surface area contributed by atoms with Gasteiger partial charge in [0.1, 0.15) is 5.52 Å². The Morgan fingerprint density at radius 1 is 1.10 bits per heavy atom. The van der Waals surface area contributed by atoms with Crippen molar-refractivity contribution in [3.8, 4) is 11.3 Å².